The van der Waals surface area contributed by atoms with Gasteiger partial charge in [0.25, 0.3) is 0 Å². The van der Waals surface area contributed by atoms with Crippen molar-refractivity contribution in [2.45, 2.75) is 52.2 Å². The number of halogens is 1. The lowest BCUT2D eigenvalue weighted by atomic mass is 10.0. The second-order valence-corrected chi connectivity index (χ2v) is 6.98. The summed E-state index contributed by atoms with van der Waals surface area (Å²) in [5.74, 6) is -0.730. The molecule has 1 aromatic carbocycles. The second kappa shape index (κ2) is 10.3. The maximum Gasteiger partial charge on any atom is 0.307 e. The minimum atomic E-state index is -0.552. The molecule has 0 aliphatic carbocycles. The summed E-state index contributed by atoms with van der Waals surface area (Å²) in [6.07, 6.45) is 1.36. The zero-order valence-electron chi connectivity index (χ0n) is 14.5. The topological polar surface area (TPSA) is 68.1 Å². The number of hydrogen-bond donors (Lipinski definition) is 1. The Morgan fingerprint density at radius 1 is 1.29 bits per heavy atom. The van der Waals surface area contributed by atoms with Gasteiger partial charge < -0.3 is 14.7 Å². The smallest absolute Gasteiger partial charge is 0.307 e. The minimum Gasteiger partial charge on any atom is -0.460 e. The highest BCUT2D eigenvalue weighted by Gasteiger charge is 2.23. The molecule has 6 heteroatoms. The van der Waals surface area contributed by atoms with Gasteiger partial charge >= 0.3 is 5.97 Å². The highest BCUT2D eigenvalue weighted by Crippen LogP contribution is 2.19. The number of oxime groups is 1. The van der Waals surface area contributed by atoms with E-state index in [4.69, 9.17) is 26.3 Å². The average Bonchev–Trinajstić information content (AvgIpc) is 2.52. The molecule has 0 unspecified atom stereocenters. The van der Waals surface area contributed by atoms with Crippen LogP contribution in [0.15, 0.2) is 35.5 Å². The number of carbonyl (C=O) groups excluding carboxylic acids is 1. The molecule has 134 valence electrons. The Labute approximate surface area is 148 Å². The molecule has 1 rings (SSSR count). The molecule has 0 spiro atoms. The summed E-state index contributed by atoms with van der Waals surface area (Å²) in [7, 11) is 0. The van der Waals surface area contributed by atoms with Crippen LogP contribution in [0.3, 0.4) is 0 Å². The molecule has 0 amide bonds. The van der Waals surface area contributed by atoms with E-state index in [-0.39, 0.29) is 23.5 Å². The standard InChI is InChI=1S/C18H26ClNO4/c1-18(2,3)24-16(21)12-15(17(19)20-22)10-7-11-23-13-14-8-5-4-6-9-14/h4-6,8-9,15,22H,7,10-13H2,1-3H3/b20-17-/t15-/m0/s1. The van der Waals surface area contributed by atoms with E-state index in [0.29, 0.717) is 26.1 Å². The summed E-state index contributed by atoms with van der Waals surface area (Å²) < 4.78 is 10.9. The van der Waals surface area contributed by atoms with E-state index in [1.807, 2.05) is 30.3 Å². The Balaban J connectivity index is 2.36. The highest BCUT2D eigenvalue weighted by molar-refractivity contribution is 6.65. The van der Waals surface area contributed by atoms with E-state index in [1.165, 1.54) is 0 Å². The maximum absolute atomic E-state index is 11.9. The number of hydrogen-bond acceptors (Lipinski definition) is 5. The molecule has 0 aromatic heterocycles. The monoisotopic (exact) mass is 355 g/mol. The summed E-state index contributed by atoms with van der Waals surface area (Å²) in [6, 6.07) is 9.89. The molecule has 0 saturated carbocycles. The van der Waals surface area contributed by atoms with Crippen LogP contribution in [0.2, 0.25) is 0 Å². The Hall–Kier alpha value is -1.59. The van der Waals surface area contributed by atoms with Gasteiger partial charge in [0.1, 0.15) is 10.8 Å². The van der Waals surface area contributed by atoms with E-state index >= 15 is 0 Å². The predicted octanol–water partition coefficient (Wildman–Crippen LogP) is 4.36. The zero-order chi connectivity index (χ0) is 18.0. The summed E-state index contributed by atoms with van der Waals surface area (Å²) in [4.78, 5) is 11.9. The van der Waals surface area contributed by atoms with E-state index in [1.54, 1.807) is 20.8 Å². The van der Waals surface area contributed by atoms with Gasteiger partial charge in [0.15, 0.2) is 0 Å². The fourth-order valence-electron chi connectivity index (χ4n) is 2.17. The number of rotatable bonds is 9. The molecule has 0 saturated heterocycles. The van der Waals surface area contributed by atoms with Gasteiger partial charge in [-0.25, -0.2) is 0 Å². The van der Waals surface area contributed by atoms with Crippen LogP contribution < -0.4 is 0 Å². The van der Waals surface area contributed by atoms with E-state index in [0.717, 1.165) is 5.56 Å². The summed E-state index contributed by atoms with van der Waals surface area (Å²) in [5, 5.41) is 11.9. The number of ether oxygens (including phenoxy) is 2. The lowest BCUT2D eigenvalue weighted by molar-refractivity contribution is -0.155. The average molecular weight is 356 g/mol. The molecule has 1 aromatic rings. The Kier molecular flexibility index (Phi) is 8.79. The van der Waals surface area contributed by atoms with Crippen molar-refractivity contribution in [1.82, 2.24) is 0 Å². The first-order chi connectivity index (χ1) is 11.3. The Bertz CT molecular complexity index is 526. The SMILES string of the molecule is CC(C)(C)OC(=O)C[C@H](CCCOCc1ccccc1)/C(Cl)=N/O. The normalized spacial score (nSPS) is 13.6. The quantitative estimate of drug-likeness (QED) is 0.235. The van der Waals surface area contributed by atoms with Crippen LogP contribution in [0, 0.1) is 5.92 Å². The Morgan fingerprint density at radius 2 is 1.96 bits per heavy atom. The highest BCUT2D eigenvalue weighted by atomic mass is 35.5. The third-order valence-corrected chi connectivity index (χ3v) is 3.60. The van der Waals surface area contributed by atoms with Crippen molar-refractivity contribution in [1.29, 1.82) is 0 Å². The van der Waals surface area contributed by atoms with Crippen LogP contribution in [0.25, 0.3) is 0 Å². The Morgan fingerprint density at radius 3 is 2.54 bits per heavy atom. The molecular weight excluding hydrogens is 330 g/mol. The molecule has 0 heterocycles. The largest absolute Gasteiger partial charge is 0.460 e. The maximum atomic E-state index is 11.9. The van der Waals surface area contributed by atoms with Gasteiger partial charge in [0.2, 0.25) is 0 Å². The van der Waals surface area contributed by atoms with Crippen molar-refractivity contribution in [2.75, 3.05) is 6.61 Å². The predicted molar refractivity (Wildman–Crippen MR) is 94.4 cm³/mol. The molecular formula is C18H26ClNO4. The number of carbonyl (C=O) groups is 1. The van der Waals surface area contributed by atoms with Gasteiger partial charge in [0.05, 0.1) is 13.0 Å². The van der Waals surface area contributed by atoms with Crippen molar-refractivity contribution in [2.24, 2.45) is 11.1 Å². The van der Waals surface area contributed by atoms with Crippen molar-refractivity contribution in [3.63, 3.8) is 0 Å². The van der Waals surface area contributed by atoms with Gasteiger partial charge in [0, 0.05) is 12.5 Å². The third kappa shape index (κ3) is 8.89. The third-order valence-electron chi connectivity index (χ3n) is 3.22. The van der Waals surface area contributed by atoms with E-state index < -0.39 is 5.60 Å². The first-order valence-corrected chi connectivity index (χ1v) is 8.40. The van der Waals surface area contributed by atoms with Gasteiger partial charge in [-0.2, -0.15) is 0 Å². The van der Waals surface area contributed by atoms with Crippen LogP contribution in [0.5, 0.6) is 0 Å². The minimum absolute atomic E-state index is 0.0175. The lowest BCUT2D eigenvalue weighted by Gasteiger charge is -2.21. The number of nitrogens with zero attached hydrogens (tertiary/aromatic N) is 1. The van der Waals surface area contributed by atoms with Crippen LogP contribution in [0.4, 0.5) is 0 Å². The molecule has 5 nitrogen and oxygen atoms in total. The molecule has 0 aliphatic heterocycles. The molecule has 0 fully saturated rings. The fraction of sp³-hybridized carbons (Fsp3) is 0.556. The second-order valence-electron chi connectivity index (χ2n) is 6.59. The molecule has 0 aliphatic rings. The zero-order valence-corrected chi connectivity index (χ0v) is 15.3. The van der Waals surface area contributed by atoms with Crippen molar-refractivity contribution in [3.05, 3.63) is 35.9 Å². The molecule has 0 radical (unpaired) electrons. The van der Waals surface area contributed by atoms with Gasteiger partial charge in [-0.15, -0.1) is 0 Å². The summed E-state index contributed by atoms with van der Waals surface area (Å²) >= 11 is 5.91. The molecule has 24 heavy (non-hydrogen) atoms. The van der Waals surface area contributed by atoms with E-state index in [9.17, 15) is 4.79 Å². The fourth-order valence-corrected chi connectivity index (χ4v) is 2.35. The van der Waals surface area contributed by atoms with Gasteiger partial charge in [-0.1, -0.05) is 47.1 Å². The summed E-state index contributed by atoms with van der Waals surface area (Å²) in [5.41, 5.74) is 0.557. The van der Waals surface area contributed by atoms with Crippen molar-refractivity contribution < 1.29 is 19.5 Å². The van der Waals surface area contributed by atoms with Crippen LogP contribution in [-0.2, 0) is 20.9 Å². The van der Waals surface area contributed by atoms with Crippen molar-refractivity contribution in [3.8, 4) is 0 Å². The van der Waals surface area contributed by atoms with E-state index in [2.05, 4.69) is 5.16 Å². The van der Waals surface area contributed by atoms with Gasteiger partial charge in [-0.3, -0.25) is 4.79 Å². The van der Waals surface area contributed by atoms with Gasteiger partial charge in [-0.05, 0) is 39.2 Å². The summed E-state index contributed by atoms with van der Waals surface area (Å²) in [6.45, 7) is 6.49. The molecule has 1 atom stereocenters. The molecule has 1 N–H and O–H groups in total. The molecule has 0 bridgehead atoms. The van der Waals surface area contributed by atoms with Crippen molar-refractivity contribution >= 4 is 22.7 Å². The first-order valence-electron chi connectivity index (χ1n) is 8.03. The first kappa shape index (κ1) is 20.5. The van der Waals surface area contributed by atoms with Crippen LogP contribution in [-0.4, -0.2) is 28.6 Å². The lowest BCUT2D eigenvalue weighted by Crippen LogP contribution is -2.26. The van der Waals surface area contributed by atoms with Crippen LogP contribution >= 0.6 is 11.6 Å². The number of benzene rings is 1. The number of esters is 1. The van der Waals surface area contributed by atoms with Crippen LogP contribution in [0.1, 0.15) is 45.6 Å².